The lowest BCUT2D eigenvalue weighted by Gasteiger charge is -2.38. The summed E-state index contributed by atoms with van der Waals surface area (Å²) in [5, 5.41) is 0. The summed E-state index contributed by atoms with van der Waals surface area (Å²) in [5.74, 6) is 0.176. The van der Waals surface area contributed by atoms with Crippen molar-refractivity contribution >= 4 is 5.91 Å². The predicted molar refractivity (Wildman–Crippen MR) is 93.6 cm³/mol. The minimum Gasteiger partial charge on any atom is -0.370 e. The van der Waals surface area contributed by atoms with Gasteiger partial charge in [-0.1, -0.05) is 30.3 Å². The molecular formula is C20H24N2O2. The molecule has 1 fully saturated rings. The Labute approximate surface area is 143 Å². The van der Waals surface area contributed by atoms with Gasteiger partial charge in [-0.2, -0.15) is 0 Å². The number of amides is 1. The van der Waals surface area contributed by atoms with E-state index in [9.17, 15) is 4.79 Å². The number of morpholine rings is 1. The van der Waals surface area contributed by atoms with E-state index >= 15 is 0 Å². The summed E-state index contributed by atoms with van der Waals surface area (Å²) in [6.45, 7) is 5.33. The van der Waals surface area contributed by atoms with Crippen LogP contribution in [-0.4, -0.2) is 35.0 Å². The molecule has 0 aliphatic carbocycles. The van der Waals surface area contributed by atoms with E-state index in [4.69, 9.17) is 4.74 Å². The Balaban J connectivity index is 1.65. The second kappa shape index (κ2) is 7.58. The van der Waals surface area contributed by atoms with Crippen LogP contribution in [0.15, 0.2) is 48.7 Å². The van der Waals surface area contributed by atoms with Crippen LogP contribution in [0.4, 0.5) is 0 Å². The van der Waals surface area contributed by atoms with Gasteiger partial charge in [0, 0.05) is 18.3 Å². The SMILES string of the molecule is Cc1ccccc1[C@H]1CN(C(=O)CCc2ccccn2)[C@@H](C)CO1. The zero-order valence-electron chi connectivity index (χ0n) is 14.3. The van der Waals surface area contributed by atoms with Crippen LogP contribution >= 0.6 is 0 Å². The van der Waals surface area contributed by atoms with Crippen LogP contribution in [0, 0.1) is 6.92 Å². The molecule has 0 radical (unpaired) electrons. The Morgan fingerprint density at radius 2 is 2.04 bits per heavy atom. The molecule has 0 N–H and O–H groups in total. The first-order chi connectivity index (χ1) is 11.6. The summed E-state index contributed by atoms with van der Waals surface area (Å²) < 4.78 is 5.99. The molecule has 3 rings (SSSR count). The minimum atomic E-state index is -0.0406. The third kappa shape index (κ3) is 3.82. The Bertz CT molecular complexity index is 687. The van der Waals surface area contributed by atoms with Gasteiger partial charge in [0.15, 0.2) is 0 Å². The summed E-state index contributed by atoms with van der Waals surface area (Å²) in [6.07, 6.45) is 2.90. The van der Waals surface area contributed by atoms with Gasteiger partial charge in [-0.25, -0.2) is 0 Å². The number of aryl methyl sites for hydroxylation is 2. The van der Waals surface area contributed by atoms with E-state index in [0.717, 1.165) is 5.69 Å². The lowest BCUT2D eigenvalue weighted by molar-refractivity contribution is -0.144. The van der Waals surface area contributed by atoms with Gasteiger partial charge in [0.1, 0.15) is 6.10 Å². The van der Waals surface area contributed by atoms with E-state index in [1.54, 1.807) is 6.20 Å². The highest BCUT2D eigenvalue weighted by Gasteiger charge is 2.30. The van der Waals surface area contributed by atoms with Gasteiger partial charge in [0.2, 0.25) is 5.91 Å². The second-order valence-electron chi connectivity index (χ2n) is 6.39. The predicted octanol–water partition coefficient (Wildman–Crippen LogP) is 3.31. The average molecular weight is 324 g/mol. The topological polar surface area (TPSA) is 42.4 Å². The third-order valence-electron chi connectivity index (χ3n) is 4.61. The van der Waals surface area contributed by atoms with Crippen molar-refractivity contribution in [3.05, 3.63) is 65.5 Å². The van der Waals surface area contributed by atoms with E-state index in [-0.39, 0.29) is 18.1 Å². The highest BCUT2D eigenvalue weighted by molar-refractivity contribution is 5.77. The second-order valence-corrected chi connectivity index (χ2v) is 6.39. The van der Waals surface area contributed by atoms with Crippen molar-refractivity contribution in [2.24, 2.45) is 0 Å². The number of ether oxygens (including phenoxy) is 1. The first-order valence-electron chi connectivity index (χ1n) is 8.51. The molecule has 2 heterocycles. The van der Waals surface area contributed by atoms with Crippen LogP contribution < -0.4 is 0 Å². The van der Waals surface area contributed by atoms with Crippen molar-refractivity contribution in [2.75, 3.05) is 13.2 Å². The molecule has 4 nitrogen and oxygen atoms in total. The Morgan fingerprint density at radius 1 is 1.25 bits per heavy atom. The number of rotatable bonds is 4. The highest BCUT2D eigenvalue weighted by atomic mass is 16.5. The maximum absolute atomic E-state index is 12.7. The summed E-state index contributed by atoms with van der Waals surface area (Å²) in [4.78, 5) is 18.9. The maximum atomic E-state index is 12.7. The number of carbonyl (C=O) groups excluding carboxylic acids is 1. The van der Waals surface area contributed by atoms with E-state index in [1.807, 2.05) is 42.2 Å². The van der Waals surface area contributed by atoms with Crippen molar-refractivity contribution in [3.63, 3.8) is 0 Å². The number of nitrogens with zero attached hydrogens (tertiary/aromatic N) is 2. The number of hydrogen-bond acceptors (Lipinski definition) is 3. The number of benzene rings is 1. The molecule has 0 spiro atoms. The standard InChI is InChI=1S/C20H24N2O2/c1-15-7-3-4-9-18(15)19-13-22(16(2)14-24-19)20(23)11-10-17-8-5-6-12-21-17/h3-9,12,16,19H,10-11,13-14H2,1-2H3/t16-,19+/m0/s1. The molecule has 0 saturated carbocycles. The van der Waals surface area contributed by atoms with Crippen molar-refractivity contribution in [1.29, 1.82) is 0 Å². The zero-order chi connectivity index (χ0) is 16.9. The number of hydrogen-bond donors (Lipinski definition) is 0. The van der Waals surface area contributed by atoms with Crippen LogP contribution in [0.5, 0.6) is 0 Å². The molecule has 2 atom stereocenters. The summed E-state index contributed by atoms with van der Waals surface area (Å²) >= 11 is 0. The average Bonchev–Trinajstić information content (AvgIpc) is 2.61. The van der Waals surface area contributed by atoms with Crippen LogP contribution in [-0.2, 0) is 16.0 Å². The minimum absolute atomic E-state index is 0.0406. The van der Waals surface area contributed by atoms with Crippen molar-refractivity contribution < 1.29 is 9.53 Å². The molecule has 2 aromatic rings. The molecule has 1 aliphatic rings. The number of pyridine rings is 1. The first kappa shape index (κ1) is 16.7. The van der Waals surface area contributed by atoms with Crippen molar-refractivity contribution in [1.82, 2.24) is 9.88 Å². The first-order valence-corrected chi connectivity index (χ1v) is 8.51. The maximum Gasteiger partial charge on any atom is 0.223 e. The summed E-state index contributed by atoms with van der Waals surface area (Å²) in [5.41, 5.74) is 3.34. The van der Waals surface area contributed by atoms with Gasteiger partial charge in [0.25, 0.3) is 0 Å². The fourth-order valence-corrected chi connectivity index (χ4v) is 3.17. The van der Waals surface area contributed by atoms with Crippen molar-refractivity contribution in [3.8, 4) is 0 Å². The molecular weight excluding hydrogens is 300 g/mol. The molecule has 24 heavy (non-hydrogen) atoms. The van der Waals surface area contributed by atoms with E-state index in [0.29, 0.717) is 26.0 Å². The molecule has 1 aromatic heterocycles. The Morgan fingerprint density at radius 3 is 2.79 bits per heavy atom. The lowest BCUT2D eigenvalue weighted by Crippen LogP contribution is -2.48. The van der Waals surface area contributed by atoms with Crippen LogP contribution in [0.25, 0.3) is 0 Å². The summed E-state index contributed by atoms with van der Waals surface area (Å²) in [6, 6.07) is 14.2. The molecule has 1 aliphatic heterocycles. The molecule has 1 aromatic carbocycles. The smallest absolute Gasteiger partial charge is 0.223 e. The normalized spacial score (nSPS) is 20.8. The Kier molecular flexibility index (Phi) is 5.26. The van der Waals surface area contributed by atoms with E-state index in [2.05, 4.69) is 24.0 Å². The monoisotopic (exact) mass is 324 g/mol. The van der Waals surface area contributed by atoms with E-state index < -0.39 is 0 Å². The van der Waals surface area contributed by atoms with Crippen molar-refractivity contribution in [2.45, 2.75) is 38.8 Å². The fourth-order valence-electron chi connectivity index (χ4n) is 3.17. The molecule has 1 saturated heterocycles. The fraction of sp³-hybridized carbons (Fsp3) is 0.400. The molecule has 0 unspecified atom stereocenters. The lowest BCUT2D eigenvalue weighted by atomic mass is 10.0. The highest BCUT2D eigenvalue weighted by Crippen LogP contribution is 2.27. The van der Waals surface area contributed by atoms with Crippen LogP contribution in [0.1, 0.15) is 36.3 Å². The van der Waals surface area contributed by atoms with Gasteiger partial charge < -0.3 is 9.64 Å². The van der Waals surface area contributed by atoms with Crippen LogP contribution in [0.2, 0.25) is 0 Å². The molecule has 0 bridgehead atoms. The van der Waals surface area contributed by atoms with Gasteiger partial charge >= 0.3 is 0 Å². The summed E-state index contributed by atoms with van der Waals surface area (Å²) in [7, 11) is 0. The van der Waals surface area contributed by atoms with Gasteiger partial charge in [-0.3, -0.25) is 9.78 Å². The Hall–Kier alpha value is -2.20. The van der Waals surface area contributed by atoms with Gasteiger partial charge in [-0.15, -0.1) is 0 Å². The van der Waals surface area contributed by atoms with Gasteiger partial charge in [-0.05, 0) is 43.5 Å². The number of aromatic nitrogens is 1. The molecule has 4 heteroatoms. The van der Waals surface area contributed by atoms with Crippen LogP contribution in [0.3, 0.4) is 0 Å². The van der Waals surface area contributed by atoms with Gasteiger partial charge in [0.05, 0.1) is 19.2 Å². The zero-order valence-corrected chi connectivity index (χ0v) is 14.3. The largest absolute Gasteiger partial charge is 0.370 e. The van der Waals surface area contributed by atoms with E-state index in [1.165, 1.54) is 11.1 Å². The number of carbonyl (C=O) groups is 1. The quantitative estimate of drug-likeness (QED) is 0.866. The third-order valence-corrected chi connectivity index (χ3v) is 4.61. The molecule has 126 valence electrons. The molecule has 1 amide bonds.